The number of fused-ring (bicyclic) bond motifs is 5. The maximum atomic E-state index is 14.0. The third-order valence-electron chi connectivity index (χ3n) is 7.20. The summed E-state index contributed by atoms with van der Waals surface area (Å²) in [6.07, 6.45) is 0. The summed E-state index contributed by atoms with van der Waals surface area (Å²) < 4.78 is -2.14. The van der Waals surface area contributed by atoms with E-state index in [0.29, 0.717) is 10.0 Å². The van der Waals surface area contributed by atoms with Crippen LogP contribution in [0.25, 0.3) is 0 Å². The number of hydrazine groups is 1. The fraction of sp³-hybridized carbons (Fsp3) is 0.280. The van der Waals surface area contributed by atoms with Crippen molar-refractivity contribution < 1.29 is 19.2 Å². The van der Waals surface area contributed by atoms with Crippen LogP contribution in [0.15, 0.2) is 64.7 Å². The molecule has 1 saturated heterocycles. The van der Waals surface area contributed by atoms with Crippen molar-refractivity contribution in [2.75, 3.05) is 0 Å². The third kappa shape index (κ3) is 3.41. The lowest BCUT2D eigenvalue weighted by Crippen LogP contribution is -2.59. The van der Waals surface area contributed by atoms with E-state index in [1.54, 1.807) is 30.3 Å². The lowest BCUT2D eigenvalue weighted by atomic mass is 9.84. The summed E-state index contributed by atoms with van der Waals surface area (Å²) in [5.74, 6) is -6.22. The second-order valence-electron chi connectivity index (χ2n) is 9.13. The van der Waals surface area contributed by atoms with Gasteiger partial charge in [-0.3, -0.25) is 19.2 Å². The van der Waals surface area contributed by atoms with Gasteiger partial charge < -0.3 is 0 Å². The minimum Gasteiger partial charge on any atom is -0.292 e. The smallest absolute Gasteiger partial charge is 0.273 e. The van der Waals surface area contributed by atoms with Gasteiger partial charge in [0.15, 0.2) is 10.1 Å². The van der Waals surface area contributed by atoms with Crippen LogP contribution in [0.3, 0.4) is 0 Å². The van der Waals surface area contributed by atoms with Gasteiger partial charge in [-0.2, -0.15) is 5.01 Å². The number of halogens is 7. The summed E-state index contributed by atoms with van der Waals surface area (Å²) in [5.41, 5.74) is 0.311. The molecule has 2 bridgehead atoms. The van der Waals surface area contributed by atoms with Crippen LogP contribution in [0.2, 0.25) is 5.02 Å². The number of hydrogen-bond donors (Lipinski definition) is 0. The summed E-state index contributed by atoms with van der Waals surface area (Å²) in [6.45, 7) is 1.39. The van der Waals surface area contributed by atoms with Gasteiger partial charge in [0.05, 0.1) is 21.9 Å². The number of nitrogens with zero attached hydrogens (tertiary/aromatic N) is 2. The summed E-state index contributed by atoms with van der Waals surface area (Å²) in [6, 6.07) is 12.5. The number of carbonyl (C=O) groups excluding carboxylic acids is 4. The molecule has 2 fully saturated rings. The van der Waals surface area contributed by atoms with Crippen LogP contribution in [-0.2, 0) is 9.59 Å². The van der Waals surface area contributed by atoms with Crippen molar-refractivity contribution in [2.45, 2.75) is 27.0 Å². The van der Waals surface area contributed by atoms with Crippen molar-refractivity contribution in [3.63, 3.8) is 0 Å². The molecular weight excluding hydrogens is 640 g/mol. The molecule has 1 saturated carbocycles. The van der Waals surface area contributed by atoms with E-state index in [9.17, 15) is 19.2 Å². The largest absolute Gasteiger partial charge is 0.292 e. The lowest BCUT2D eigenvalue weighted by Gasteiger charge is -2.38. The zero-order valence-electron chi connectivity index (χ0n) is 19.1. The molecule has 5 rings (SSSR count). The Labute approximate surface area is 252 Å². The van der Waals surface area contributed by atoms with Crippen LogP contribution in [0.5, 0.6) is 0 Å². The average Bonchev–Trinajstić information content (AvgIpc) is 3.28. The Kier molecular flexibility index (Phi) is 6.84. The summed E-state index contributed by atoms with van der Waals surface area (Å²) in [4.78, 5) is 51.1. The van der Waals surface area contributed by atoms with Crippen LogP contribution in [0.1, 0.15) is 27.6 Å². The van der Waals surface area contributed by atoms with Crippen molar-refractivity contribution in [3.8, 4) is 0 Å². The van der Waals surface area contributed by atoms with Gasteiger partial charge in [-0.15, -0.1) is 23.2 Å². The fourth-order valence-electron chi connectivity index (χ4n) is 5.31. The molecule has 1 aliphatic heterocycles. The van der Waals surface area contributed by atoms with Crippen LogP contribution in [-0.4, -0.2) is 53.6 Å². The minimum absolute atomic E-state index is 0.0575. The van der Waals surface area contributed by atoms with Gasteiger partial charge in [0.25, 0.3) is 17.7 Å². The molecule has 0 radical (unpaired) electrons. The Bertz CT molecular complexity index is 1380. The molecule has 38 heavy (non-hydrogen) atoms. The normalized spacial score (nSPS) is 30.1. The number of amides is 3. The molecule has 2 aromatic rings. The molecule has 3 aliphatic rings. The van der Waals surface area contributed by atoms with Crippen LogP contribution < -0.4 is 0 Å². The van der Waals surface area contributed by atoms with E-state index in [2.05, 4.69) is 0 Å². The second kappa shape index (κ2) is 9.27. The van der Waals surface area contributed by atoms with E-state index in [-0.39, 0.29) is 21.2 Å². The number of alkyl halides is 4. The minimum atomic E-state index is -2.14. The highest BCUT2D eigenvalue weighted by atomic mass is 35.5. The summed E-state index contributed by atoms with van der Waals surface area (Å²) >= 11 is 45.4. The standard InChI is InChI=1S/C25H15Cl7N2O4/c1-11(17(35)12-5-3-2-4-6-12)33(20(36)13-7-9-14(26)10-8-13)34-21(37)15-16(22(34)38)24(30)19(28)18(27)23(15,29)25(24,31)32/h2-11,15-16H,1H3/t11-,15-,16+,23-,24-/m1/s1. The van der Waals surface area contributed by atoms with E-state index >= 15 is 0 Å². The molecule has 0 aromatic heterocycles. The van der Waals surface area contributed by atoms with Crippen molar-refractivity contribution in [1.82, 2.24) is 10.0 Å². The molecule has 0 spiro atoms. The van der Waals surface area contributed by atoms with E-state index < -0.39 is 55.5 Å². The Morgan fingerprint density at radius 1 is 0.789 bits per heavy atom. The van der Waals surface area contributed by atoms with Crippen LogP contribution in [0.4, 0.5) is 0 Å². The Balaban J connectivity index is 1.64. The molecule has 198 valence electrons. The average molecular weight is 656 g/mol. The van der Waals surface area contributed by atoms with Gasteiger partial charge in [-0.25, -0.2) is 5.01 Å². The fourth-order valence-corrected chi connectivity index (χ4v) is 8.37. The number of benzene rings is 2. The van der Waals surface area contributed by atoms with Gasteiger partial charge in [0, 0.05) is 16.1 Å². The van der Waals surface area contributed by atoms with E-state index in [1.165, 1.54) is 31.2 Å². The number of rotatable bonds is 5. The molecule has 1 heterocycles. The first-order valence-corrected chi connectivity index (χ1v) is 13.8. The lowest BCUT2D eigenvalue weighted by molar-refractivity contribution is -0.157. The van der Waals surface area contributed by atoms with Crippen molar-refractivity contribution in [2.24, 2.45) is 11.8 Å². The predicted molar refractivity (Wildman–Crippen MR) is 147 cm³/mol. The SMILES string of the molecule is C[C@H](C(=O)c1ccccc1)N(C(=O)c1ccc(Cl)cc1)N1C(=O)[C@@H]2[C@H](C1=O)[C@@]1(Cl)C(Cl)=C(Cl)[C@@]2(Cl)C1(Cl)Cl. The highest BCUT2D eigenvalue weighted by molar-refractivity contribution is 6.66. The molecule has 0 N–H and O–H groups in total. The number of allylic oxidation sites excluding steroid dienone is 2. The summed E-state index contributed by atoms with van der Waals surface area (Å²) in [5, 5.41) is 1.18. The number of imide groups is 1. The quantitative estimate of drug-likeness (QED) is 0.212. The highest BCUT2D eigenvalue weighted by Crippen LogP contribution is 2.77. The van der Waals surface area contributed by atoms with Gasteiger partial charge in [-0.05, 0) is 31.2 Å². The van der Waals surface area contributed by atoms with Gasteiger partial charge in [0.2, 0.25) is 0 Å². The summed E-state index contributed by atoms with van der Waals surface area (Å²) in [7, 11) is 0. The topological polar surface area (TPSA) is 74.8 Å². The van der Waals surface area contributed by atoms with Crippen LogP contribution >= 0.6 is 81.2 Å². The van der Waals surface area contributed by atoms with E-state index in [0.717, 1.165) is 5.01 Å². The molecule has 13 heteroatoms. The molecule has 2 aromatic carbocycles. The number of ketones is 1. The Morgan fingerprint density at radius 3 is 1.74 bits per heavy atom. The maximum absolute atomic E-state index is 14.0. The van der Waals surface area contributed by atoms with Gasteiger partial charge in [0.1, 0.15) is 15.8 Å². The third-order valence-corrected chi connectivity index (χ3v) is 11.7. The first kappa shape index (κ1) is 28.0. The predicted octanol–water partition coefficient (Wildman–Crippen LogP) is 6.42. The Morgan fingerprint density at radius 2 is 1.26 bits per heavy atom. The molecule has 2 aliphatic carbocycles. The molecular formula is C25H15Cl7N2O4. The van der Waals surface area contributed by atoms with Gasteiger partial charge in [-0.1, -0.05) is 88.3 Å². The maximum Gasteiger partial charge on any atom is 0.273 e. The molecule has 0 unspecified atom stereocenters. The van der Waals surface area contributed by atoms with Crippen molar-refractivity contribution in [1.29, 1.82) is 0 Å². The van der Waals surface area contributed by atoms with E-state index in [4.69, 9.17) is 81.2 Å². The highest BCUT2D eigenvalue weighted by Gasteiger charge is 2.88. The molecule has 3 amide bonds. The van der Waals surface area contributed by atoms with Crippen molar-refractivity contribution >= 4 is 105 Å². The number of hydrogen-bond acceptors (Lipinski definition) is 4. The Hall–Kier alpha value is -1.51. The number of Topliss-reactive ketones (excluding diaryl/α,β-unsaturated/α-hetero) is 1. The first-order chi connectivity index (χ1) is 17.7. The zero-order chi connectivity index (χ0) is 27.9. The molecule has 5 atom stereocenters. The molecule has 6 nitrogen and oxygen atoms in total. The first-order valence-electron chi connectivity index (χ1n) is 11.1. The monoisotopic (exact) mass is 652 g/mol. The van der Waals surface area contributed by atoms with E-state index in [1.807, 2.05) is 0 Å². The van der Waals surface area contributed by atoms with Crippen molar-refractivity contribution in [3.05, 3.63) is 80.8 Å². The number of carbonyl (C=O) groups is 4. The van der Waals surface area contributed by atoms with Crippen LogP contribution in [0, 0.1) is 11.8 Å². The van der Waals surface area contributed by atoms with Gasteiger partial charge >= 0.3 is 0 Å². The zero-order valence-corrected chi connectivity index (χ0v) is 24.4. The second-order valence-corrected chi connectivity index (χ2v) is 12.8.